The Bertz CT molecular complexity index is 2210. The molecule has 4 nitrogen and oxygen atoms in total. The summed E-state index contributed by atoms with van der Waals surface area (Å²) in [5, 5.41) is 13.9. The smallest absolute Gasteiger partial charge is 0.0485 e. The zero-order chi connectivity index (χ0) is 26.2. The number of hydrogen-bond donors (Lipinski definition) is 4. The minimum Gasteiger partial charge on any atom is -0.354 e. The predicted molar refractivity (Wildman–Crippen MR) is 166 cm³/mol. The fraction of sp³-hybridized carbons (Fsp3) is 0. The number of rotatable bonds is 0. The molecule has 0 unspecified atom stereocenters. The Morgan fingerprint density at radius 2 is 0.488 bits per heavy atom. The molecule has 0 fully saturated rings. The van der Waals surface area contributed by atoms with Crippen molar-refractivity contribution in [2.45, 2.75) is 0 Å². The van der Waals surface area contributed by atoms with Crippen LogP contribution in [0.1, 0.15) is 22.8 Å². The number of aromatic amines is 4. The molecule has 5 heterocycles. The van der Waals surface area contributed by atoms with Crippen LogP contribution in [0, 0.1) is 0 Å². The van der Waals surface area contributed by atoms with Gasteiger partial charge in [0.25, 0.3) is 0 Å². The molecule has 0 aliphatic carbocycles. The Kier molecular flexibility index (Phi) is 5.35. The number of aromatic nitrogens is 4. The molecule has 1 aliphatic heterocycles. The molecule has 0 spiro atoms. The van der Waals surface area contributed by atoms with Crippen molar-refractivity contribution >= 4 is 67.4 Å². The first-order valence-corrected chi connectivity index (χ1v) is 13.6. The fourth-order valence-electron chi connectivity index (χ4n) is 6.42. The summed E-state index contributed by atoms with van der Waals surface area (Å²) in [7, 11) is 0. The number of H-pyrrole nitrogens is 4. The molecule has 0 saturated heterocycles. The van der Waals surface area contributed by atoms with Crippen LogP contribution in [0.3, 0.4) is 0 Å². The van der Waals surface area contributed by atoms with E-state index in [1.54, 1.807) is 0 Å². The van der Waals surface area contributed by atoms with Crippen molar-refractivity contribution in [3.05, 3.63) is 141 Å². The van der Waals surface area contributed by atoms with Gasteiger partial charge in [0.05, 0.1) is 0 Å². The fourth-order valence-corrected chi connectivity index (χ4v) is 6.42. The number of hydrogen-bond acceptors (Lipinski definition) is 0. The molecule has 8 bridgehead atoms. The van der Waals surface area contributed by atoms with Gasteiger partial charge in [0.15, 0.2) is 0 Å². The SMILES string of the molecule is C1=c2[nH]c(c3ccccc23)=Cc2[nH]c(c3ccccc23)C=c2[nH]c(c3ccccc23)=Cc2[nH]c1c1ccccc21.[Pt]. The van der Waals surface area contributed by atoms with E-state index < -0.39 is 0 Å². The summed E-state index contributed by atoms with van der Waals surface area (Å²) in [5.74, 6) is 0. The van der Waals surface area contributed by atoms with Crippen molar-refractivity contribution < 1.29 is 21.1 Å². The average molecular weight is 708 g/mol. The zero-order valence-electron chi connectivity index (χ0n) is 21.9. The molecule has 198 valence electrons. The van der Waals surface area contributed by atoms with E-state index in [-0.39, 0.29) is 21.1 Å². The second kappa shape index (κ2) is 9.12. The predicted octanol–water partition coefficient (Wildman–Crippen LogP) is 5.24. The van der Waals surface area contributed by atoms with Gasteiger partial charge in [-0.3, -0.25) is 0 Å². The Morgan fingerprint density at radius 1 is 0.268 bits per heavy atom. The van der Waals surface area contributed by atoms with Crippen LogP contribution in [0.15, 0.2) is 97.1 Å². The normalized spacial score (nSPS) is 12.5. The van der Waals surface area contributed by atoms with Crippen molar-refractivity contribution in [3.8, 4) is 0 Å². The van der Waals surface area contributed by atoms with E-state index in [1.807, 2.05) is 0 Å². The molecule has 1 aliphatic rings. The summed E-state index contributed by atoms with van der Waals surface area (Å²) in [6.45, 7) is 0. The van der Waals surface area contributed by atoms with Crippen molar-refractivity contribution in [2.24, 2.45) is 0 Å². The summed E-state index contributed by atoms with van der Waals surface area (Å²) in [6, 6.07) is 34.4. The van der Waals surface area contributed by atoms with Gasteiger partial charge in [-0.25, -0.2) is 0 Å². The second-order valence-electron chi connectivity index (χ2n) is 10.6. The first kappa shape index (κ1) is 24.0. The molecule has 9 rings (SSSR count). The topological polar surface area (TPSA) is 63.2 Å². The van der Waals surface area contributed by atoms with Crippen LogP contribution >= 0.6 is 0 Å². The zero-order valence-corrected chi connectivity index (χ0v) is 24.1. The van der Waals surface area contributed by atoms with E-state index in [4.69, 9.17) is 0 Å². The first-order valence-electron chi connectivity index (χ1n) is 13.6. The van der Waals surface area contributed by atoms with Crippen LogP contribution in [0.5, 0.6) is 0 Å². The van der Waals surface area contributed by atoms with Gasteiger partial charge in [-0.1, -0.05) is 97.1 Å². The van der Waals surface area contributed by atoms with E-state index in [1.165, 1.54) is 43.1 Å². The van der Waals surface area contributed by atoms with Gasteiger partial charge in [0, 0.05) is 108 Å². The van der Waals surface area contributed by atoms with Crippen LogP contribution in [0.25, 0.3) is 67.4 Å². The van der Waals surface area contributed by atoms with Gasteiger partial charge < -0.3 is 19.9 Å². The molecule has 4 aromatic carbocycles. The van der Waals surface area contributed by atoms with Crippen molar-refractivity contribution in [3.63, 3.8) is 0 Å². The molecule has 5 heteroatoms. The van der Waals surface area contributed by atoms with E-state index in [9.17, 15) is 0 Å². The molecule has 0 atom stereocenters. The molecular weight excluding hydrogens is 684 g/mol. The quantitative estimate of drug-likeness (QED) is 0.167. The molecule has 0 amide bonds. The van der Waals surface area contributed by atoms with Gasteiger partial charge in [-0.2, -0.15) is 0 Å². The largest absolute Gasteiger partial charge is 0.354 e. The van der Waals surface area contributed by atoms with E-state index in [0.717, 1.165) is 44.2 Å². The Hall–Kier alpha value is -4.79. The molecule has 8 aromatic rings. The number of fused-ring (bicyclic) bond motifs is 20. The van der Waals surface area contributed by atoms with Crippen molar-refractivity contribution in [2.75, 3.05) is 0 Å². The summed E-state index contributed by atoms with van der Waals surface area (Å²) in [4.78, 5) is 15.0. The third-order valence-corrected chi connectivity index (χ3v) is 8.26. The summed E-state index contributed by atoms with van der Waals surface area (Å²) in [6.07, 6.45) is 8.98. The maximum absolute atomic E-state index is 3.75. The second-order valence-corrected chi connectivity index (χ2v) is 10.6. The minimum absolute atomic E-state index is 0. The Balaban J connectivity index is 0.00000256. The van der Waals surface area contributed by atoms with Crippen LogP contribution in [-0.4, -0.2) is 19.9 Å². The Morgan fingerprint density at radius 3 is 0.732 bits per heavy atom. The van der Waals surface area contributed by atoms with Crippen molar-refractivity contribution in [1.29, 1.82) is 0 Å². The van der Waals surface area contributed by atoms with Crippen LogP contribution in [-0.2, 0) is 21.1 Å². The van der Waals surface area contributed by atoms with E-state index in [0.29, 0.717) is 0 Å². The van der Waals surface area contributed by atoms with E-state index in [2.05, 4.69) is 141 Å². The van der Waals surface area contributed by atoms with Gasteiger partial charge in [-0.15, -0.1) is 0 Å². The molecule has 41 heavy (non-hydrogen) atoms. The van der Waals surface area contributed by atoms with Crippen LogP contribution < -0.4 is 21.4 Å². The van der Waals surface area contributed by atoms with Gasteiger partial charge in [0.2, 0.25) is 0 Å². The standard InChI is InChI=1S/C36H24N4.Pt/c1-2-10-22-21(9-1)29-17-31-23-11-3-4-12-24(23)33(38-31)19-35-27-15-7-8-16-28(27)36(40-35)20-34-26-14-6-5-13-25(26)32(39-34)18-30(22)37-29;/h1-20,37-40H;. The number of benzene rings is 4. The average Bonchev–Trinajstić information content (AvgIpc) is 3.73. The maximum Gasteiger partial charge on any atom is 0.0485 e. The van der Waals surface area contributed by atoms with Gasteiger partial charge >= 0.3 is 0 Å². The van der Waals surface area contributed by atoms with E-state index >= 15 is 0 Å². The summed E-state index contributed by atoms with van der Waals surface area (Å²) in [5.41, 5.74) is 4.34. The third kappa shape index (κ3) is 3.65. The monoisotopic (exact) mass is 707 g/mol. The molecule has 4 aromatic heterocycles. The third-order valence-electron chi connectivity index (χ3n) is 8.26. The molecule has 0 saturated carbocycles. The minimum atomic E-state index is 0. The molecule has 4 N–H and O–H groups in total. The Labute approximate surface area is 248 Å². The van der Waals surface area contributed by atoms with Gasteiger partial charge in [0.1, 0.15) is 0 Å². The maximum atomic E-state index is 3.75. The van der Waals surface area contributed by atoms with Crippen LogP contribution in [0.4, 0.5) is 0 Å². The van der Waals surface area contributed by atoms with Crippen molar-refractivity contribution in [1.82, 2.24) is 19.9 Å². The molecular formula is C36H24N4Pt. The first-order chi connectivity index (χ1) is 19.8. The summed E-state index contributed by atoms with van der Waals surface area (Å²) >= 11 is 0. The summed E-state index contributed by atoms with van der Waals surface area (Å²) < 4.78 is 0. The van der Waals surface area contributed by atoms with Gasteiger partial charge in [-0.05, 0) is 24.3 Å². The molecule has 0 radical (unpaired) electrons. The number of nitrogens with one attached hydrogen (secondary N) is 4. The van der Waals surface area contributed by atoms with Crippen LogP contribution in [0.2, 0.25) is 0 Å².